The van der Waals surface area contributed by atoms with Gasteiger partial charge in [-0.3, -0.25) is 0 Å². The molecule has 211 valence electrons. The van der Waals surface area contributed by atoms with Gasteiger partial charge in [-0.05, 0) is 6.42 Å². The summed E-state index contributed by atoms with van der Waals surface area (Å²) < 4.78 is 0. The Labute approximate surface area is 225 Å². The van der Waals surface area contributed by atoms with Crippen molar-refractivity contribution in [1.29, 1.82) is 0 Å². The van der Waals surface area contributed by atoms with Crippen LogP contribution in [0.1, 0.15) is 219 Å². The van der Waals surface area contributed by atoms with Gasteiger partial charge < -0.3 is 0 Å². The van der Waals surface area contributed by atoms with Crippen molar-refractivity contribution in [1.82, 2.24) is 0 Å². The predicted molar refractivity (Wildman–Crippen MR) is 163 cm³/mol. The molecule has 0 saturated heterocycles. The minimum Gasteiger partial charge on any atom is -0.0654 e. The van der Waals surface area contributed by atoms with Crippen LogP contribution in [0.4, 0.5) is 0 Å². The first kappa shape index (κ1) is 35.0. The van der Waals surface area contributed by atoms with Gasteiger partial charge in [0.15, 0.2) is 0 Å². The molecular weight excluding hydrogens is 420 g/mol. The van der Waals surface area contributed by atoms with Gasteiger partial charge in [0.05, 0.1) is 0 Å². The highest BCUT2D eigenvalue weighted by Crippen LogP contribution is 2.16. The summed E-state index contributed by atoms with van der Waals surface area (Å²) in [5.74, 6) is 0. The van der Waals surface area contributed by atoms with Crippen molar-refractivity contribution < 1.29 is 0 Å². The normalized spacial score (nSPS) is 11.5. The minimum atomic E-state index is 1.37. The smallest absolute Gasteiger partial charge is 0.0386 e. The monoisotopic (exact) mass is 492 g/mol. The summed E-state index contributed by atoms with van der Waals surface area (Å²) in [6.07, 6.45) is 49.4. The zero-order valence-corrected chi connectivity index (χ0v) is 25.2. The fourth-order valence-corrected chi connectivity index (χ4v) is 5.46. The maximum atomic E-state index is 2.58. The van der Waals surface area contributed by atoms with E-state index in [0.29, 0.717) is 0 Å². The standard InChI is InChI=1S/C35H71/c1-3-5-7-9-11-13-15-17-19-21-23-25-27-29-31-33-35-34-32-30-28-26-24-22-20-18-16-14-12-10-8-6-4-2/h23H,3-22,24-35H2,1-2H3. The minimum absolute atomic E-state index is 1.37. The Balaban J connectivity index is 3.00. The Morgan fingerprint density at radius 1 is 0.229 bits per heavy atom. The van der Waals surface area contributed by atoms with Crippen LogP contribution in [-0.4, -0.2) is 0 Å². The van der Waals surface area contributed by atoms with Gasteiger partial charge in [-0.2, -0.15) is 0 Å². The Hall–Kier alpha value is 0. The largest absolute Gasteiger partial charge is 0.0654 e. The number of unbranched alkanes of at least 4 members (excludes halogenated alkanes) is 32. The molecule has 0 rings (SSSR count). The summed E-state index contributed by atoms with van der Waals surface area (Å²) in [7, 11) is 0. The number of hydrogen-bond acceptors (Lipinski definition) is 0. The number of rotatable bonds is 32. The van der Waals surface area contributed by atoms with Gasteiger partial charge in [0.2, 0.25) is 0 Å². The van der Waals surface area contributed by atoms with E-state index >= 15 is 0 Å². The lowest BCUT2D eigenvalue weighted by molar-refractivity contribution is 0.519. The molecule has 0 bridgehead atoms. The quantitative estimate of drug-likeness (QED) is 0.0820. The van der Waals surface area contributed by atoms with Crippen LogP contribution >= 0.6 is 0 Å². The Morgan fingerprint density at radius 3 is 0.600 bits per heavy atom. The molecule has 0 aromatic heterocycles. The molecule has 0 heteroatoms. The van der Waals surface area contributed by atoms with E-state index in [1.165, 1.54) is 205 Å². The third-order valence-corrected chi connectivity index (χ3v) is 8.02. The molecule has 0 aliphatic carbocycles. The molecule has 0 nitrogen and oxygen atoms in total. The number of hydrogen-bond donors (Lipinski definition) is 0. The fraction of sp³-hybridized carbons (Fsp3) is 0.971. The van der Waals surface area contributed by atoms with Crippen molar-refractivity contribution in [2.75, 3.05) is 0 Å². The Kier molecular flexibility index (Phi) is 34.0. The van der Waals surface area contributed by atoms with Gasteiger partial charge in [0.25, 0.3) is 0 Å². The fourth-order valence-electron chi connectivity index (χ4n) is 5.46. The first-order valence-electron chi connectivity index (χ1n) is 17.2. The maximum absolute atomic E-state index is 2.58. The van der Waals surface area contributed by atoms with Gasteiger partial charge in [0.1, 0.15) is 0 Å². The van der Waals surface area contributed by atoms with Gasteiger partial charge in [-0.1, -0.05) is 219 Å². The molecule has 0 atom stereocenters. The molecule has 35 heavy (non-hydrogen) atoms. The van der Waals surface area contributed by atoms with E-state index in [1.54, 1.807) is 0 Å². The molecule has 0 aromatic rings. The average molecular weight is 492 g/mol. The van der Waals surface area contributed by atoms with E-state index in [0.717, 1.165) is 0 Å². The molecule has 0 saturated carbocycles. The molecule has 0 amide bonds. The van der Waals surface area contributed by atoms with Crippen molar-refractivity contribution >= 4 is 0 Å². The van der Waals surface area contributed by atoms with Gasteiger partial charge in [-0.25, -0.2) is 0 Å². The summed E-state index contributed by atoms with van der Waals surface area (Å²) in [5.41, 5.74) is 0. The zero-order valence-electron chi connectivity index (χ0n) is 25.2. The van der Waals surface area contributed by atoms with E-state index in [1.807, 2.05) is 0 Å². The van der Waals surface area contributed by atoms with Crippen LogP contribution in [0.3, 0.4) is 0 Å². The molecule has 0 heterocycles. The third-order valence-electron chi connectivity index (χ3n) is 8.02. The van der Waals surface area contributed by atoms with E-state index in [9.17, 15) is 0 Å². The van der Waals surface area contributed by atoms with Crippen molar-refractivity contribution in [3.8, 4) is 0 Å². The molecule has 0 spiro atoms. The Bertz CT molecular complexity index is 301. The second-order valence-corrected chi connectivity index (χ2v) is 11.8. The van der Waals surface area contributed by atoms with Crippen LogP contribution in [0.25, 0.3) is 0 Å². The van der Waals surface area contributed by atoms with Crippen LogP contribution in [-0.2, 0) is 0 Å². The second-order valence-electron chi connectivity index (χ2n) is 11.8. The third kappa shape index (κ3) is 34.0. The van der Waals surface area contributed by atoms with Crippen molar-refractivity contribution in [3.63, 3.8) is 0 Å². The topological polar surface area (TPSA) is 0 Å². The second kappa shape index (κ2) is 34.0. The predicted octanol–water partition coefficient (Wildman–Crippen LogP) is 13.7. The van der Waals surface area contributed by atoms with Crippen LogP contribution in [0.15, 0.2) is 0 Å². The van der Waals surface area contributed by atoms with Gasteiger partial charge >= 0.3 is 0 Å². The highest BCUT2D eigenvalue weighted by molar-refractivity contribution is 4.64. The molecule has 0 aromatic carbocycles. The van der Waals surface area contributed by atoms with Gasteiger partial charge in [0, 0.05) is 0 Å². The molecular formula is C35H71. The first-order valence-corrected chi connectivity index (χ1v) is 17.2. The van der Waals surface area contributed by atoms with E-state index < -0.39 is 0 Å². The van der Waals surface area contributed by atoms with Crippen molar-refractivity contribution in [3.05, 3.63) is 6.42 Å². The maximum Gasteiger partial charge on any atom is -0.0386 e. The summed E-state index contributed by atoms with van der Waals surface area (Å²) >= 11 is 0. The SMILES string of the molecule is CCCCCCCCCCC[CH]CCCCCCCCCCCCCCCCCCCCCCC. The molecule has 0 aliphatic rings. The summed E-state index contributed by atoms with van der Waals surface area (Å²) in [4.78, 5) is 0. The lowest BCUT2D eigenvalue weighted by atomic mass is 10.0. The summed E-state index contributed by atoms with van der Waals surface area (Å²) in [6, 6.07) is 0. The lowest BCUT2D eigenvalue weighted by Crippen LogP contribution is -1.85. The van der Waals surface area contributed by atoms with Crippen LogP contribution in [0, 0.1) is 6.42 Å². The zero-order chi connectivity index (χ0) is 25.3. The summed E-state index contributed by atoms with van der Waals surface area (Å²) in [6.45, 7) is 4.61. The first-order chi connectivity index (χ1) is 17.4. The van der Waals surface area contributed by atoms with E-state index in [-0.39, 0.29) is 0 Å². The van der Waals surface area contributed by atoms with Crippen LogP contribution in [0.2, 0.25) is 0 Å². The highest BCUT2D eigenvalue weighted by Gasteiger charge is 1.97. The van der Waals surface area contributed by atoms with Crippen LogP contribution in [0.5, 0.6) is 0 Å². The van der Waals surface area contributed by atoms with Crippen molar-refractivity contribution in [2.24, 2.45) is 0 Å². The molecule has 1 radical (unpaired) electrons. The van der Waals surface area contributed by atoms with Crippen LogP contribution < -0.4 is 0 Å². The average Bonchev–Trinajstić information content (AvgIpc) is 2.87. The molecule has 0 fully saturated rings. The van der Waals surface area contributed by atoms with E-state index in [2.05, 4.69) is 20.3 Å². The molecule has 0 unspecified atom stereocenters. The van der Waals surface area contributed by atoms with Crippen molar-refractivity contribution in [2.45, 2.75) is 219 Å². The summed E-state index contributed by atoms with van der Waals surface area (Å²) in [5, 5.41) is 0. The molecule has 0 aliphatic heterocycles. The van der Waals surface area contributed by atoms with E-state index in [4.69, 9.17) is 0 Å². The lowest BCUT2D eigenvalue weighted by Gasteiger charge is -2.04. The Morgan fingerprint density at radius 2 is 0.400 bits per heavy atom. The van der Waals surface area contributed by atoms with Gasteiger partial charge in [-0.15, -0.1) is 0 Å². The highest BCUT2D eigenvalue weighted by atomic mass is 14.0. The molecule has 0 N–H and O–H groups in total.